The second-order valence-corrected chi connectivity index (χ2v) is 4.91. The highest BCUT2D eigenvalue weighted by molar-refractivity contribution is 6.28. The Morgan fingerprint density at radius 1 is 1.17 bits per heavy atom. The van der Waals surface area contributed by atoms with Crippen molar-refractivity contribution in [3.8, 4) is 11.3 Å². The lowest BCUT2D eigenvalue weighted by Crippen LogP contribution is -2.22. The molecule has 0 aliphatic rings. The molecule has 1 amide bonds. The lowest BCUT2D eigenvalue weighted by atomic mass is 10.1. The van der Waals surface area contributed by atoms with Gasteiger partial charge in [-0.05, 0) is 23.7 Å². The molecule has 2 aromatic heterocycles. The number of nitrogens with one attached hydrogen (secondary N) is 1. The van der Waals surface area contributed by atoms with Crippen molar-refractivity contribution >= 4 is 34.4 Å². The predicted octanol–water partition coefficient (Wildman–Crippen LogP) is 3.68. The fraction of sp³-hybridized carbons (Fsp3) is 0.250. The highest BCUT2D eigenvalue weighted by atomic mass is 35.5. The van der Waals surface area contributed by atoms with E-state index in [4.69, 9.17) is 11.6 Å². The molecule has 6 nitrogen and oxygen atoms in total. The van der Waals surface area contributed by atoms with Gasteiger partial charge in [-0.3, -0.25) is 4.79 Å². The summed E-state index contributed by atoms with van der Waals surface area (Å²) in [6.45, 7) is 5.52. The van der Waals surface area contributed by atoms with Crippen molar-refractivity contribution < 1.29 is 4.79 Å². The second kappa shape index (κ2) is 7.19. The fourth-order valence-electron chi connectivity index (χ4n) is 2.04. The van der Waals surface area contributed by atoms with Gasteiger partial charge in [0, 0.05) is 25.2 Å². The molecule has 0 spiro atoms. The third kappa shape index (κ3) is 3.48. The van der Waals surface area contributed by atoms with Gasteiger partial charge in [-0.15, -0.1) is 0 Å². The number of halogens is 1. The van der Waals surface area contributed by atoms with Gasteiger partial charge in [0.25, 0.3) is 0 Å². The Labute approximate surface area is 139 Å². The predicted molar refractivity (Wildman–Crippen MR) is 92.6 cm³/mol. The minimum atomic E-state index is -0.0243. The van der Waals surface area contributed by atoms with Crippen molar-refractivity contribution in [1.29, 1.82) is 0 Å². The van der Waals surface area contributed by atoms with E-state index in [2.05, 4.69) is 19.9 Å². The molecule has 0 bridgehead atoms. The number of rotatable bonds is 2. The van der Waals surface area contributed by atoms with E-state index < -0.39 is 0 Å². The Kier molecular flexibility index (Phi) is 5.28. The molecule has 3 aromatic rings. The maximum Gasteiger partial charge on any atom is 0.225 e. The largest absolute Gasteiger partial charge is 0.341 e. The van der Waals surface area contributed by atoms with Gasteiger partial charge in [0.15, 0.2) is 5.65 Å². The third-order valence-electron chi connectivity index (χ3n) is 3.26. The first-order chi connectivity index (χ1) is 11.1. The highest BCUT2D eigenvalue weighted by Crippen LogP contribution is 2.27. The second-order valence-electron chi connectivity index (χ2n) is 4.57. The molecule has 1 aromatic carbocycles. The van der Waals surface area contributed by atoms with Crippen molar-refractivity contribution in [1.82, 2.24) is 19.9 Å². The number of aromatic amines is 1. The molecule has 0 atom stereocenters. The Balaban J connectivity index is 0.000000924. The van der Waals surface area contributed by atoms with Gasteiger partial charge in [0.05, 0.1) is 6.33 Å². The third-order valence-corrected chi connectivity index (χ3v) is 3.43. The summed E-state index contributed by atoms with van der Waals surface area (Å²) < 4.78 is 0. The number of H-pyrrole nitrogens is 1. The van der Waals surface area contributed by atoms with Crippen molar-refractivity contribution in [2.45, 2.75) is 20.8 Å². The van der Waals surface area contributed by atoms with Gasteiger partial charge >= 0.3 is 0 Å². The van der Waals surface area contributed by atoms with Crippen LogP contribution in [0, 0.1) is 0 Å². The summed E-state index contributed by atoms with van der Waals surface area (Å²) in [5.74, 6) is -0.0243. The number of amides is 1. The van der Waals surface area contributed by atoms with Crippen molar-refractivity contribution in [2.75, 3.05) is 11.9 Å². The summed E-state index contributed by atoms with van der Waals surface area (Å²) in [4.78, 5) is 28.3. The van der Waals surface area contributed by atoms with Crippen LogP contribution in [-0.2, 0) is 4.79 Å². The fourth-order valence-corrected chi connectivity index (χ4v) is 2.20. The smallest absolute Gasteiger partial charge is 0.225 e. The van der Waals surface area contributed by atoms with Crippen LogP contribution < -0.4 is 4.90 Å². The quantitative estimate of drug-likeness (QED) is 0.727. The Morgan fingerprint density at radius 3 is 2.43 bits per heavy atom. The van der Waals surface area contributed by atoms with Crippen LogP contribution in [0.5, 0.6) is 0 Å². The molecule has 0 fully saturated rings. The molecule has 0 aliphatic heterocycles. The van der Waals surface area contributed by atoms with E-state index in [1.165, 1.54) is 6.92 Å². The number of anilines is 1. The van der Waals surface area contributed by atoms with Crippen LogP contribution in [0.4, 0.5) is 5.69 Å². The van der Waals surface area contributed by atoms with Crippen LogP contribution in [0.25, 0.3) is 22.4 Å². The molecule has 0 radical (unpaired) electrons. The molecule has 7 heteroatoms. The monoisotopic (exact) mass is 331 g/mol. The number of imidazole rings is 1. The average molecular weight is 332 g/mol. The standard InChI is InChI=1S/C14H12ClN5O.C2H6/c1-8(21)20(2)10-5-3-9(4-6-10)11-12-13(17-7-16-12)19-14(15)18-11;1-2/h3-7H,1-2H3,(H,16,17,18,19);1-2H3. The first kappa shape index (κ1) is 16.9. The van der Waals surface area contributed by atoms with Crippen molar-refractivity contribution in [3.63, 3.8) is 0 Å². The number of aromatic nitrogens is 4. The summed E-state index contributed by atoms with van der Waals surface area (Å²) >= 11 is 5.92. The molecule has 1 N–H and O–H groups in total. The van der Waals surface area contributed by atoms with E-state index in [9.17, 15) is 4.79 Å². The molecular weight excluding hydrogens is 314 g/mol. The van der Waals surface area contributed by atoms with Gasteiger partial charge in [0.2, 0.25) is 11.2 Å². The minimum absolute atomic E-state index is 0.0243. The lowest BCUT2D eigenvalue weighted by Gasteiger charge is -2.15. The summed E-state index contributed by atoms with van der Waals surface area (Å²) in [5.41, 5.74) is 3.61. The Morgan fingerprint density at radius 2 is 1.83 bits per heavy atom. The summed E-state index contributed by atoms with van der Waals surface area (Å²) in [7, 11) is 1.73. The normalized spacial score (nSPS) is 10.1. The molecule has 0 unspecified atom stereocenters. The van der Waals surface area contributed by atoms with Gasteiger partial charge in [0.1, 0.15) is 11.2 Å². The number of carbonyl (C=O) groups is 1. The molecular formula is C16H18ClN5O. The maximum absolute atomic E-state index is 11.4. The molecule has 0 saturated carbocycles. The molecule has 3 rings (SSSR count). The van der Waals surface area contributed by atoms with Crippen LogP contribution in [0.3, 0.4) is 0 Å². The SMILES string of the molecule is CC.CC(=O)N(C)c1ccc(-c2nc(Cl)nc3nc[nH]c23)cc1. The van der Waals surface area contributed by atoms with Crippen LogP contribution in [0.1, 0.15) is 20.8 Å². The zero-order valence-corrected chi connectivity index (χ0v) is 14.2. The van der Waals surface area contributed by atoms with Gasteiger partial charge in [-0.2, -0.15) is 4.98 Å². The van der Waals surface area contributed by atoms with E-state index in [-0.39, 0.29) is 11.2 Å². The Hall–Kier alpha value is -2.47. The van der Waals surface area contributed by atoms with Crippen molar-refractivity contribution in [3.05, 3.63) is 35.9 Å². The van der Waals surface area contributed by atoms with Crippen LogP contribution in [0.15, 0.2) is 30.6 Å². The molecule has 0 aliphatic carbocycles. The van der Waals surface area contributed by atoms with E-state index in [1.807, 2.05) is 38.1 Å². The first-order valence-corrected chi connectivity index (χ1v) is 7.65. The number of carbonyl (C=O) groups excluding carboxylic acids is 1. The molecule has 0 saturated heterocycles. The number of fused-ring (bicyclic) bond motifs is 1. The van der Waals surface area contributed by atoms with Crippen LogP contribution in [-0.4, -0.2) is 32.9 Å². The van der Waals surface area contributed by atoms with E-state index in [0.717, 1.165) is 16.8 Å². The summed E-state index contributed by atoms with van der Waals surface area (Å²) in [6.07, 6.45) is 1.55. The van der Waals surface area contributed by atoms with Gasteiger partial charge in [-0.25, -0.2) is 9.97 Å². The summed E-state index contributed by atoms with van der Waals surface area (Å²) in [6, 6.07) is 7.48. The number of hydrogen-bond donors (Lipinski definition) is 1. The number of hydrogen-bond acceptors (Lipinski definition) is 4. The summed E-state index contributed by atoms with van der Waals surface area (Å²) in [5, 5.41) is 0.148. The van der Waals surface area contributed by atoms with Crippen LogP contribution >= 0.6 is 11.6 Å². The molecule has 120 valence electrons. The van der Waals surface area contributed by atoms with Crippen molar-refractivity contribution in [2.24, 2.45) is 0 Å². The molecule has 2 heterocycles. The van der Waals surface area contributed by atoms with E-state index in [1.54, 1.807) is 18.3 Å². The minimum Gasteiger partial charge on any atom is -0.341 e. The average Bonchev–Trinajstić information content (AvgIpc) is 3.03. The topological polar surface area (TPSA) is 74.8 Å². The van der Waals surface area contributed by atoms with Gasteiger partial charge in [-0.1, -0.05) is 26.0 Å². The zero-order chi connectivity index (χ0) is 17.0. The van der Waals surface area contributed by atoms with Gasteiger partial charge < -0.3 is 9.88 Å². The lowest BCUT2D eigenvalue weighted by molar-refractivity contribution is -0.116. The number of nitrogens with zero attached hydrogens (tertiary/aromatic N) is 4. The molecule has 23 heavy (non-hydrogen) atoms. The first-order valence-electron chi connectivity index (χ1n) is 7.27. The maximum atomic E-state index is 11.4. The Bertz CT molecular complexity index is 813. The van der Waals surface area contributed by atoms with E-state index in [0.29, 0.717) is 11.3 Å². The highest BCUT2D eigenvalue weighted by Gasteiger charge is 2.12. The van der Waals surface area contributed by atoms with E-state index >= 15 is 0 Å². The number of benzene rings is 1. The zero-order valence-electron chi connectivity index (χ0n) is 13.5. The van der Waals surface area contributed by atoms with Crippen LogP contribution in [0.2, 0.25) is 5.28 Å².